The summed E-state index contributed by atoms with van der Waals surface area (Å²) in [4.78, 5) is 17.4. The fourth-order valence-corrected chi connectivity index (χ4v) is 1.45. The van der Waals surface area contributed by atoms with Crippen molar-refractivity contribution >= 4 is 17.4 Å². The molecule has 1 amide bonds. The molecule has 0 bridgehead atoms. The highest BCUT2D eigenvalue weighted by atomic mass is 16.5. The van der Waals surface area contributed by atoms with E-state index in [1.165, 1.54) is 4.90 Å². The second-order valence-electron chi connectivity index (χ2n) is 4.12. The average molecular weight is 252 g/mol. The number of nitrogens with zero attached hydrogens (tertiary/aromatic N) is 2. The van der Waals surface area contributed by atoms with Gasteiger partial charge in [-0.05, 0) is 26.0 Å². The van der Waals surface area contributed by atoms with Crippen molar-refractivity contribution in [3.63, 3.8) is 0 Å². The first-order valence-electron chi connectivity index (χ1n) is 5.82. The zero-order valence-corrected chi connectivity index (χ0v) is 11.2. The first-order chi connectivity index (χ1) is 8.45. The summed E-state index contributed by atoms with van der Waals surface area (Å²) in [6, 6.07) is 3.07. The number of amides is 1. The van der Waals surface area contributed by atoms with Crippen LogP contribution in [-0.2, 0) is 4.79 Å². The number of ether oxygens (including phenoxy) is 1. The van der Waals surface area contributed by atoms with Crippen LogP contribution in [0.4, 0.5) is 11.5 Å². The smallest absolute Gasteiger partial charge is 0.244 e. The number of nitrogens with two attached hydrogens (primary N) is 1. The van der Waals surface area contributed by atoms with Crippen molar-refractivity contribution in [2.75, 3.05) is 31.8 Å². The second-order valence-corrected chi connectivity index (χ2v) is 4.12. The van der Waals surface area contributed by atoms with Gasteiger partial charge in [-0.25, -0.2) is 0 Å². The Hall–Kier alpha value is -1.98. The average Bonchev–Trinajstić information content (AvgIpc) is 2.32. The van der Waals surface area contributed by atoms with E-state index in [4.69, 9.17) is 10.5 Å². The second kappa shape index (κ2) is 6.09. The van der Waals surface area contributed by atoms with E-state index in [0.29, 0.717) is 24.0 Å². The molecule has 0 fully saturated rings. The van der Waals surface area contributed by atoms with Gasteiger partial charge >= 0.3 is 0 Å². The number of hydrogen-bond donors (Lipinski definition) is 2. The maximum atomic E-state index is 11.7. The third kappa shape index (κ3) is 3.51. The Labute approximate surface area is 107 Å². The van der Waals surface area contributed by atoms with Crippen LogP contribution in [0.1, 0.15) is 13.8 Å². The summed E-state index contributed by atoms with van der Waals surface area (Å²) in [5.41, 5.74) is 6.20. The van der Waals surface area contributed by atoms with Crippen molar-refractivity contribution in [3.8, 4) is 5.88 Å². The van der Waals surface area contributed by atoms with Crippen LogP contribution >= 0.6 is 0 Å². The van der Waals surface area contributed by atoms with Crippen LogP contribution < -0.4 is 15.8 Å². The third-order valence-electron chi connectivity index (χ3n) is 2.35. The molecule has 0 aromatic carbocycles. The largest absolute Gasteiger partial charge is 0.476 e. The fraction of sp³-hybridized carbons (Fsp3) is 0.500. The molecule has 100 valence electrons. The van der Waals surface area contributed by atoms with Gasteiger partial charge < -0.3 is 20.7 Å². The molecule has 0 aliphatic rings. The Kier molecular flexibility index (Phi) is 4.76. The predicted molar refractivity (Wildman–Crippen MR) is 71.6 cm³/mol. The number of carbonyl (C=O) groups excluding carboxylic acids is 1. The topological polar surface area (TPSA) is 80.5 Å². The van der Waals surface area contributed by atoms with Crippen LogP contribution in [0.15, 0.2) is 12.1 Å². The van der Waals surface area contributed by atoms with Crippen LogP contribution in [0.3, 0.4) is 0 Å². The molecule has 3 N–H and O–H groups in total. The van der Waals surface area contributed by atoms with E-state index in [1.54, 1.807) is 33.2 Å². The summed E-state index contributed by atoms with van der Waals surface area (Å²) in [7, 11) is 3.42. The molecule has 1 rings (SSSR count). The minimum Gasteiger partial charge on any atom is -0.476 e. The van der Waals surface area contributed by atoms with Crippen LogP contribution in [0.5, 0.6) is 5.88 Å². The van der Waals surface area contributed by atoms with Gasteiger partial charge in [-0.1, -0.05) is 0 Å². The number of aromatic nitrogens is 1. The molecule has 0 saturated heterocycles. The molecule has 1 heterocycles. The van der Waals surface area contributed by atoms with Gasteiger partial charge in [-0.3, -0.25) is 4.79 Å². The highest BCUT2D eigenvalue weighted by Gasteiger charge is 2.15. The van der Waals surface area contributed by atoms with E-state index in [9.17, 15) is 4.79 Å². The Balaban J connectivity index is 2.79. The standard InChI is InChI=1S/C12H20N4O2/c1-5-18-11-9(13)6-7-10(15-11)14-8(2)12(17)16(3)4/h6-8H,5,13H2,1-4H3,(H,14,15). The molecule has 1 unspecified atom stereocenters. The number of hydrogen-bond acceptors (Lipinski definition) is 5. The Morgan fingerprint density at radius 2 is 2.22 bits per heavy atom. The van der Waals surface area contributed by atoms with Gasteiger partial charge in [0, 0.05) is 14.1 Å². The third-order valence-corrected chi connectivity index (χ3v) is 2.35. The number of likely N-dealkylation sites (N-methyl/N-ethyl adjacent to an activating group) is 1. The minimum atomic E-state index is -0.356. The monoisotopic (exact) mass is 252 g/mol. The van der Waals surface area contributed by atoms with Crippen molar-refractivity contribution in [1.82, 2.24) is 9.88 Å². The molecule has 0 radical (unpaired) electrons. The number of nitrogen functional groups attached to an aromatic ring is 1. The van der Waals surface area contributed by atoms with E-state index >= 15 is 0 Å². The van der Waals surface area contributed by atoms with Crippen molar-refractivity contribution in [3.05, 3.63) is 12.1 Å². The maximum absolute atomic E-state index is 11.7. The Bertz CT molecular complexity index is 421. The zero-order chi connectivity index (χ0) is 13.7. The number of pyridine rings is 1. The molecule has 18 heavy (non-hydrogen) atoms. The maximum Gasteiger partial charge on any atom is 0.244 e. The molecule has 0 aliphatic carbocycles. The molecule has 0 saturated carbocycles. The van der Waals surface area contributed by atoms with E-state index in [-0.39, 0.29) is 11.9 Å². The van der Waals surface area contributed by atoms with Crippen molar-refractivity contribution in [2.45, 2.75) is 19.9 Å². The Morgan fingerprint density at radius 3 is 2.78 bits per heavy atom. The van der Waals surface area contributed by atoms with Crippen LogP contribution in [0.25, 0.3) is 0 Å². The van der Waals surface area contributed by atoms with Crippen LogP contribution in [0.2, 0.25) is 0 Å². The van der Waals surface area contributed by atoms with Gasteiger partial charge in [0.05, 0.1) is 12.3 Å². The predicted octanol–water partition coefficient (Wildman–Crippen LogP) is 0.951. The lowest BCUT2D eigenvalue weighted by Crippen LogP contribution is -2.36. The van der Waals surface area contributed by atoms with Gasteiger partial charge in [0.2, 0.25) is 11.8 Å². The van der Waals surface area contributed by atoms with E-state index in [0.717, 1.165) is 0 Å². The zero-order valence-electron chi connectivity index (χ0n) is 11.2. The van der Waals surface area contributed by atoms with Crippen molar-refractivity contribution in [1.29, 1.82) is 0 Å². The number of anilines is 2. The number of carbonyl (C=O) groups is 1. The highest BCUT2D eigenvalue weighted by Crippen LogP contribution is 2.21. The molecular formula is C12H20N4O2. The van der Waals surface area contributed by atoms with Crippen LogP contribution in [0, 0.1) is 0 Å². The summed E-state index contributed by atoms with van der Waals surface area (Å²) < 4.78 is 5.30. The van der Waals surface area contributed by atoms with Gasteiger partial charge in [-0.15, -0.1) is 0 Å². The lowest BCUT2D eigenvalue weighted by molar-refractivity contribution is -0.129. The van der Waals surface area contributed by atoms with Gasteiger partial charge in [0.1, 0.15) is 11.9 Å². The SMILES string of the molecule is CCOc1nc(NC(C)C(=O)N(C)C)ccc1N. The molecule has 6 heteroatoms. The highest BCUT2D eigenvalue weighted by molar-refractivity contribution is 5.83. The summed E-state index contributed by atoms with van der Waals surface area (Å²) >= 11 is 0. The van der Waals surface area contributed by atoms with Crippen LogP contribution in [-0.4, -0.2) is 42.5 Å². The quantitative estimate of drug-likeness (QED) is 0.815. The molecule has 1 atom stereocenters. The first kappa shape index (κ1) is 14.1. The Morgan fingerprint density at radius 1 is 1.56 bits per heavy atom. The van der Waals surface area contributed by atoms with E-state index in [1.807, 2.05) is 6.92 Å². The molecule has 1 aromatic rings. The lowest BCUT2D eigenvalue weighted by Gasteiger charge is -2.18. The molecule has 0 spiro atoms. The summed E-state index contributed by atoms with van der Waals surface area (Å²) in [5.74, 6) is 0.925. The molecule has 1 aromatic heterocycles. The summed E-state index contributed by atoms with van der Waals surface area (Å²) in [6.07, 6.45) is 0. The van der Waals surface area contributed by atoms with E-state index in [2.05, 4.69) is 10.3 Å². The number of nitrogens with one attached hydrogen (secondary N) is 1. The molecule has 0 aliphatic heterocycles. The molecule has 6 nitrogen and oxygen atoms in total. The van der Waals surface area contributed by atoms with Gasteiger partial charge in [0.15, 0.2) is 0 Å². The summed E-state index contributed by atoms with van der Waals surface area (Å²) in [6.45, 7) is 4.13. The molecular weight excluding hydrogens is 232 g/mol. The van der Waals surface area contributed by atoms with Crippen molar-refractivity contribution in [2.24, 2.45) is 0 Å². The normalized spacial score (nSPS) is 11.8. The van der Waals surface area contributed by atoms with Crippen molar-refractivity contribution < 1.29 is 9.53 Å². The minimum absolute atomic E-state index is 0.0217. The number of rotatable bonds is 5. The van der Waals surface area contributed by atoms with E-state index < -0.39 is 0 Å². The first-order valence-corrected chi connectivity index (χ1v) is 5.82. The fourth-order valence-electron chi connectivity index (χ4n) is 1.45. The summed E-state index contributed by atoms with van der Waals surface area (Å²) in [5, 5.41) is 3.01. The lowest BCUT2D eigenvalue weighted by atomic mass is 10.3. The van der Waals surface area contributed by atoms with Gasteiger partial charge in [-0.2, -0.15) is 4.98 Å². The van der Waals surface area contributed by atoms with Gasteiger partial charge in [0.25, 0.3) is 0 Å².